The second-order valence-corrected chi connectivity index (χ2v) is 16.6. The molecule has 2 nitrogen and oxygen atoms in total. The SMILES string of the molecule is c1ccc(-c2c3ccccc3n3c2sc2c(-c4ccc(N(c5ccccc5)c5ccc6c(c5)C(c5ccccc5)(c5ccccc5)c5ccccc5-6)cc4)cccc23)cc1. The summed E-state index contributed by atoms with van der Waals surface area (Å²) < 4.78 is 3.75. The van der Waals surface area contributed by atoms with Crippen molar-refractivity contribution in [3.05, 3.63) is 253 Å². The molecule has 60 heavy (non-hydrogen) atoms. The molecule has 0 saturated carbocycles. The van der Waals surface area contributed by atoms with Gasteiger partial charge in [-0.05, 0) is 93.0 Å². The van der Waals surface area contributed by atoms with Crippen LogP contribution < -0.4 is 4.90 Å². The van der Waals surface area contributed by atoms with Crippen LogP contribution in [0.25, 0.3) is 59.3 Å². The van der Waals surface area contributed by atoms with Gasteiger partial charge in [0.1, 0.15) is 4.83 Å². The van der Waals surface area contributed by atoms with E-state index in [9.17, 15) is 0 Å². The van der Waals surface area contributed by atoms with Crippen LogP contribution in [0.15, 0.2) is 231 Å². The first-order valence-corrected chi connectivity index (χ1v) is 21.4. The van der Waals surface area contributed by atoms with Gasteiger partial charge in [0.25, 0.3) is 0 Å². The van der Waals surface area contributed by atoms with Crippen LogP contribution in [0.3, 0.4) is 0 Å². The van der Waals surface area contributed by atoms with Crippen molar-refractivity contribution in [2.24, 2.45) is 0 Å². The minimum absolute atomic E-state index is 0.479. The van der Waals surface area contributed by atoms with Crippen molar-refractivity contribution in [3.8, 4) is 33.4 Å². The Morgan fingerprint density at radius 2 is 0.933 bits per heavy atom. The number of hydrogen-bond donors (Lipinski definition) is 0. The topological polar surface area (TPSA) is 7.65 Å². The van der Waals surface area contributed by atoms with Crippen LogP contribution in [0.4, 0.5) is 17.1 Å². The van der Waals surface area contributed by atoms with Gasteiger partial charge < -0.3 is 4.90 Å². The second-order valence-electron chi connectivity index (χ2n) is 15.6. The van der Waals surface area contributed by atoms with E-state index in [-0.39, 0.29) is 0 Å². The molecule has 0 amide bonds. The summed E-state index contributed by atoms with van der Waals surface area (Å²) in [6.07, 6.45) is 0. The van der Waals surface area contributed by atoms with Crippen LogP contribution in [0.1, 0.15) is 22.3 Å². The molecular weight excluding hydrogens is 745 g/mol. The second kappa shape index (κ2) is 13.8. The highest BCUT2D eigenvalue weighted by atomic mass is 32.1. The smallest absolute Gasteiger partial charge is 0.109 e. The molecule has 9 aromatic carbocycles. The number of aromatic nitrogens is 1. The van der Waals surface area contributed by atoms with E-state index >= 15 is 0 Å². The Bertz CT molecular complexity index is 3310. The van der Waals surface area contributed by atoms with Crippen molar-refractivity contribution in [2.75, 3.05) is 4.90 Å². The number of fused-ring (bicyclic) bond motifs is 8. The zero-order chi connectivity index (χ0) is 39.6. The lowest BCUT2D eigenvalue weighted by molar-refractivity contribution is 0.768. The summed E-state index contributed by atoms with van der Waals surface area (Å²) in [5.41, 5.74) is 18.0. The van der Waals surface area contributed by atoms with Crippen LogP contribution in [0.2, 0.25) is 0 Å². The lowest BCUT2D eigenvalue weighted by atomic mass is 9.67. The summed E-state index contributed by atoms with van der Waals surface area (Å²) >= 11 is 1.89. The maximum atomic E-state index is 2.46. The molecule has 2 heterocycles. The highest BCUT2D eigenvalue weighted by molar-refractivity contribution is 7.25. The lowest BCUT2D eigenvalue weighted by Crippen LogP contribution is -2.28. The molecule has 0 spiro atoms. The molecule has 1 aliphatic rings. The summed E-state index contributed by atoms with van der Waals surface area (Å²) in [6, 6.07) is 84.5. The number of benzene rings is 9. The number of para-hydroxylation sites is 2. The van der Waals surface area contributed by atoms with E-state index in [1.165, 1.54) is 81.6 Å². The summed E-state index contributed by atoms with van der Waals surface area (Å²) in [5.74, 6) is 0. The quantitative estimate of drug-likeness (QED) is 0.156. The Hall–Kier alpha value is -7.46. The van der Waals surface area contributed by atoms with Gasteiger partial charge in [-0.2, -0.15) is 0 Å². The van der Waals surface area contributed by atoms with E-state index in [1.807, 2.05) is 11.3 Å². The first kappa shape index (κ1) is 34.6. The third-order valence-corrected chi connectivity index (χ3v) is 13.7. The average Bonchev–Trinajstić information content (AvgIpc) is 3.96. The molecule has 0 unspecified atom stereocenters. The van der Waals surface area contributed by atoms with Crippen molar-refractivity contribution >= 4 is 54.3 Å². The summed E-state index contributed by atoms with van der Waals surface area (Å²) in [5, 5.41) is 1.29. The maximum absolute atomic E-state index is 2.46. The normalized spacial score (nSPS) is 12.8. The van der Waals surface area contributed by atoms with Crippen molar-refractivity contribution < 1.29 is 0 Å². The Balaban J connectivity index is 1.02. The molecule has 11 aromatic rings. The fourth-order valence-electron chi connectivity index (χ4n) is 9.95. The van der Waals surface area contributed by atoms with Gasteiger partial charge in [0, 0.05) is 33.6 Å². The molecule has 0 radical (unpaired) electrons. The Morgan fingerprint density at radius 1 is 0.383 bits per heavy atom. The van der Waals surface area contributed by atoms with Crippen molar-refractivity contribution in [1.82, 2.24) is 4.40 Å². The molecule has 282 valence electrons. The predicted octanol–water partition coefficient (Wildman–Crippen LogP) is 15.5. The molecule has 0 atom stereocenters. The number of nitrogens with zero attached hydrogens (tertiary/aromatic N) is 2. The molecular formula is C57H38N2S. The van der Waals surface area contributed by atoms with Crippen molar-refractivity contribution in [3.63, 3.8) is 0 Å². The minimum Gasteiger partial charge on any atom is -0.310 e. The fourth-order valence-corrected chi connectivity index (χ4v) is 11.3. The molecule has 1 aliphatic carbocycles. The first-order valence-electron chi connectivity index (χ1n) is 20.6. The minimum atomic E-state index is -0.479. The molecule has 0 N–H and O–H groups in total. The number of rotatable bonds is 7. The average molecular weight is 783 g/mol. The maximum Gasteiger partial charge on any atom is 0.109 e. The highest BCUT2D eigenvalue weighted by Gasteiger charge is 2.46. The number of thiazole rings is 1. The standard InChI is InChI=1S/C57H38N2S/c1-5-18-40(19-6-1)54-49-27-14-16-30-52(49)59-53-31-17-28-46(55(53)60-56(54)59)39-32-34-44(35-33-39)58(43-24-11-4-12-25-43)45-36-37-48-47-26-13-15-29-50(47)57(51(48)38-45,41-20-7-2-8-21-41)42-22-9-3-10-23-42/h1-38H. The Kier molecular flexibility index (Phi) is 7.97. The van der Waals surface area contributed by atoms with Gasteiger partial charge in [0.2, 0.25) is 0 Å². The van der Waals surface area contributed by atoms with Gasteiger partial charge in [-0.3, -0.25) is 4.40 Å². The van der Waals surface area contributed by atoms with Crippen LogP contribution in [0.5, 0.6) is 0 Å². The van der Waals surface area contributed by atoms with E-state index in [2.05, 4.69) is 240 Å². The van der Waals surface area contributed by atoms with E-state index in [0.29, 0.717) is 0 Å². The molecule has 0 aliphatic heterocycles. The molecule has 3 heteroatoms. The zero-order valence-corrected chi connectivity index (χ0v) is 33.6. The summed E-state index contributed by atoms with van der Waals surface area (Å²) in [6.45, 7) is 0. The molecule has 0 saturated heterocycles. The molecule has 0 bridgehead atoms. The zero-order valence-electron chi connectivity index (χ0n) is 32.7. The monoisotopic (exact) mass is 782 g/mol. The summed E-state index contributed by atoms with van der Waals surface area (Å²) in [7, 11) is 0. The fraction of sp³-hybridized carbons (Fsp3) is 0.0175. The Labute approximate surface area is 353 Å². The number of hydrogen-bond acceptors (Lipinski definition) is 2. The van der Waals surface area contributed by atoms with Crippen molar-refractivity contribution in [2.45, 2.75) is 5.41 Å². The predicted molar refractivity (Wildman–Crippen MR) is 253 cm³/mol. The number of anilines is 3. The summed E-state index contributed by atoms with van der Waals surface area (Å²) in [4.78, 5) is 3.68. The van der Waals surface area contributed by atoms with Gasteiger partial charge in [-0.1, -0.05) is 182 Å². The van der Waals surface area contributed by atoms with Crippen LogP contribution >= 0.6 is 11.3 Å². The van der Waals surface area contributed by atoms with Crippen LogP contribution in [-0.4, -0.2) is 4.40 Å². The van der Waals surface area contributed by atoms with Crippen LogP contribution in [0, 0.1) is 0 Å². The van der Waals surface area contributed by atoms with Gasteiger partial charge >= 0.3 is 0 Å². The molecule has 12 rings (SSSR count). The van der Waals surface area contributed by atoms with E-state index < -0.39 is 5.41 Å². The van der Waals surface area contributed by atoms with Gasteiger partial charge in [-0.15, -0.1) is 11.3 Å². The molecule has 0 fully saturated rings. The van der Waals surface area contributed by atoms with Gasteiger partial charge in [0.15, 0.2) is 0 Å². The van der Waals surface area contributed by atoms with Gasteiger partial charge in [0.05, 0.1) is 21.1 Å². The third-order valence-electron chi connectivity index (χ3n) is 12.5. The molecule has 2 aromatic heterocycles. The van der Waals surface area contributed by atoms with E-state index in [4.69, 9.17) is 0 Å². The first-order chi connectivity index (χ1) is 29.8. The Morgan fingerprint density at radius 3 is 1.67 bits per heavy atom. The van der Waals surface area contributed by atoms with Gasteiger partial charge in [-0.25, -0.2) is 0 Å². The third kappa shape index (κ3) is 5.13. The van der Waals surface area contributed by atoms with Crippen molar-refractivity contribution in [1.29, 1.82) is 0 Å². The van der Waals surface area contributed by atoms with Crippen LogP contribution in [-0.2, 0) is 5.41 Å². The van der Waals surface area contributed by atoms with E-state index in [1.54, 1.807) is 0 Å². The van der Waals surface area contributed by atoms with E-state index in [0.717, 1.165) is 17.1 Å². The highest BCUT2D eigenvalue weighted by Crippen LogP contribution is 2.57. The largest absolute Gasteiger partial charge is 0.310 e. The lowest BCUT2D eigenvalue weighted by Gasteiger charge is -2.35.